The van der Waals surface area contributed by atoms with Gasteiger partial charge in [-0.2, -0.15) is 0 Å². The largest absolute Gasteiger partial charge is 0.453 e. The average Bonchev–Trinajstić information content (AvgIpc) is 3.96. The first-order chi connectivity index (χ1) is 28.3. The first kappa shape index (κ1) is 31.9. The summed E-state index contributed by atoms with van der Waals surface area (Å²) in [4.78, 5) is 15.1. The Balaban J connectivity index is 1.02. The summed E-state index contributed by atoms with van der Waals surface area (Å²) in [5.74, 6) is 1.96. The van der Waals surface area contributed by atoms with Crippen LogP contribution in [0.15, 0.2) is 186 Å². The average molecular weight is 747 g/mol. The fraction of sp³-hybridized carbons (Fsp3) is 0. The van der Waals surface area contributed by atoms with E-state index in [4.69, 9.17) is 19.4 Å². The number of fused-ring (bicyclic) bond motifs is 9. The van der Waals surface area contributed by atoms with Crippen LogP contribution in [-0.2, 0) is 0 Å². The molecule has 0 unspecified atom stereocenters. The standard InChI is InChI=1S/C51H30N4OS/c1-3-14-31(15-4-1)49-52-50(32-16-5-2-6-17-32)54-51(53-49)41-24-12-23-40-37-29-28-33(30-45(37)57-48(40)41)34-20-11-21-38-39-22-13-27-44(47(39)56-46(34)38)55-42-25-9-7-18-35(42)36-19-8-10-26-43(36)55/h1-30H. The van der Waals surface area contributed by atoms with Gasteiger partial charge in [-0.3, -0.25) is 0 Å². The molecule has 0 radical (unpaired) electrons. The molecule has 0 aliphatic carbocycles. The highest BCUT2D eigenvalue weighted by atomic mass is 32.1. The van der Waals surface area contributed by atoms with E-state index in [-0.39, 0.29) is 0 Å². The Morgan fingerprint density at radius 3 is 1.61 bits per heavy atom. The molecule has 0 spiro atoms. The fourth-order valence-corrected chi connectivity index (χ4v) is 9.71. The van der Waals surface area contributed by atoms with E-state index >= 15 is 0 Å². The lowest BCUT2D eigenvalue weighted by atomic mass is 10.0. The topological polar surface area (TPSA) is 56.7 Å². The molecule has 12 aromatic rings. The van der Waals surface area contributed by atoms with Gasteiger partial charge in [-0.05, 0) is 35.9 Å². The molecule has 0 atom stereocenters. The first-order valence-electron chi connectivity index (χ1n) is 19.0. The van der Waals surface area contributed by atoms with Crippen LogP contribution in [0.4, 0.5) is 0 Å². The summed E-state index contributed by atoms with van der Waals surface area (Å²) in [5, 5.41) is 7.03. The van der Waals surface area contributed by atoms with Gasteiger partial charge in [0.2, 0.25) is 0 Å². The third kappa shape index (κ3) is 4.98. The number of para-hydroxylation sites is 4. The van der Waals surface area contributed by atoms with Gasteiger partial charge >= 0.3 is 0 Å². The van der Waals surface area contributed by atoms with Gasteiger partial charge in [-0.15, -0.1) is 11.3 Å². The van der Waals surface area contributed by atoms with Crippen LogP contribution < -0.4 is 0 Å². The van der Waals surface area contributed by atoms with Crippen LogP contribution in [0.2, 0.25) is 0 Å². The van der Waals surface area contributed by atoms with Crippen molar-refractivity contribution in [3.05, 3.63) is 182 Å². The maximum atomic E-state index is 6.99. The molecule has 0 bridgehead atoms. The molecule has 12 rings (SSSR count). The monoisotopic (exact) mass is 746 g/mol. The lowest BCUT2D eigenvalue weighted by Gasteiger charge is -2.09. The molecule has 0 saturated carbocycles. The van der Waals surface area contributed by atoms with Crippen LogP contribution in [0.3, 0.4) is 0 Å². The Morgan fingerprint density at radius 2 is 0.930 bits per heavy atom. The third-order valence-electron chi connectivity index (χ3n) is 11.1. The van der Waals surface area contributed by atoms with Gasteiger partial charge in [0.15, 0.2) is 23.1 Å². The number of hydrogen-bond donors (Lipinski definition) is 0. The molecule has 57 heavy (non-hydrogen) atoms. The molecule has 6 heteroatoms. The van der Waals surface area contributed by atoms with Gasteiger partial charge in [-0.25, -0.2) is 15.0 Å². The van der Waals surface area contributed by atoms with Gasteiger partial charge in [0.05, 0.1) is 16.7 Å². The Morgan fingerprint density at radius 1 is 0.386 bits per heavy atom. The zero-order chi connectivity index (χ0) is 37.5. The van der Waals surface area contributed by atoms with Gasteiger partial charge in [-0.1, -0.05) is 152 Å². The van der Waals surface area contributed by atoms with Crippen molar-refractivity contribution in [1.29, 1.82) is 0 Å². The molecule has 8 aromatic carbocycles. The predicted molar refractivity (Wildman–Crippen MR) is 236 cm³/mol. The molecule has 0 fully saturated rings. The van der Waals surface area contributed by atoms with E-state index < -0.39 is 0 Å². The Labute approximate surface area is 330 Å². The Kier molecular flexibility index (Phi) is 7.03. The lowest BCUT2D eigenvalue weighted by Crippen LogP contribution is -2.00. The second-order valence-corrected chi connectivity index (χ2v) is 15.4. The third-order valence-corrected chi connectivity index (χ3v) is 12.3. The van der Waals surface area contributed by atoms with E-state index in [2.05, 4.69) is 126 Å². The molecule has 5 nitrogen and oxygen atoms in total. The normalized spacial score (nSPS) is 11.9. The van der Waals surface area contributed by atoms with Crippen LogP contribution >= 0.6 is 11.3 Å². The van der Waals surface area contributed by atoms with Crippen LogP contribution in [0, 0.1) is 0 Å². The van der Waals surface area contributed by atoms with E-state index in [0.717, 1.165) is 71.2 Å². The van der Waals surface area contributed by atoms with Crippen molar-refractivity contribution in [3.8, 4) is 51.0 Å². The number of nitrogens with zero attached hydrogens (tertiary/aromatic N) is 4. The number of aromatic nitrogens is 4. The first-order valence-corrected chi connectivity index (χ1v) is 19.8. The summed E-state index contributed by atoms with van der Waals surface area (Å²) in [6, 6.07) is 63.7. The van der Waals surface area contributed by atoms with Crippen LogP contribution in [-0.4, -0.2) is 19.5 Å². The Bertz CT molecular complexity index is 3420. The minimum absolute atomic E-state index is 0.653. The second kappa shape index (κ2) is 12.6. The number of benzene rings is 8. The maximum Gasteiger partial charge on any atom is 0.165 e. The van der Waals surface area contributed by atoms with E-state index in [1.165, 1.54) is 26.2 Å². The quantitative estimate of drug-likeness (QED) is 0.176. The summed E-state index contributed by atoms with van der Waals surface area (Å²) < 4.78 is 11.7. The highest BCUT2D eigenvalue weighted by Crippen LogP contribution is 2.44. The minimum Gasteiger partial charge on any atom is -0.453 e. The van der Waals surface area contributed by atoms with Crippen molar-refractivity contribution in [2.75, 3.05) is 0 Å². The van der Waals surface area contributed by atoms with Crippen molar-refractivity contribution in [1.82, 2.24) is 19.5 Å². The zero-order valence-electron chi connectivity index (χ0n) is 30.4. The van der Waals surface area contributed by atoms with Crippen LogP contribution in [0.5, 0.6) is 0 Å². The highest BCUT2D eigenvalue weighted by molar-refractivity contribution is 7.26. The van der Waals surface area contributed by atoms with Crippen LogP contribution in [0.25, 0.3) is 115 Å². The van der Waals surface area contributed by atoms with Crippen molar-refractivity contribution in [2.45, 2.75) is 0 Å². The van der Waals surface area contributed by atoms with E-state index in [1.54, 1.807) is 11.3 Å². The molecule has 0 aliphatic heterocycles. The Hall–Kier alpha value is -7.41. The van der Waals surface area contributed by atoms with Gasteiger partial charge < -0.3 is 8.98 Å². The number of hydrogen-bond acceptors (Lipinski definition) is 5. The summed E-state index contributed by atoms with van der Waals surface area (Å²) in [5.41, 5.74) is 10.2. The SMILES string of the molecule is c1ccc(-c2nc(-c3ccccc3)nc(-c3cccc4c3sc3cc(-c5cccc6c5oc5c(-n7c8ccccc8c8ccccc87)cccc56)ccc34)n2)cc1. The zero-order valence-corrected chi connectivity index (χ0v) is 31.2. The molecular weight excluding hydrogens is 717 g/mol. The predicted octanol–water partition coefficient (Wildman–Crippen LogP) is 13.9. The van der Waals surface area contributed by atoms with Crippen molar-refractivity contribution >= 4 is 75.3 Å². The molecular formula is C51H30N4OS. The molecule has 0 N–H and O–H groups in total. The molecule has 0 aliphatic rings. The number of thiophene rings is 1. The minimum atomic E-state index is 0.653. The summed E-state index contributed by atoms with van der Waals surface area (Å²) >= 11 is 1.77. The maximum absolute atomic E-state index is 6.99. The molecule has 0 amide bonds. The molecule has 0 saturated heterocycles. The highest BCUT2D eigenvalue weighted by Gasteiger charge is 2.21. The summed E-state index contributed by atoms with van der Waals surface area (Å²) in [6.07, 6.45) is 0. The smallest absolute Gasteiger partial charge is 0.165 e. The molecule has 4 heterocycles. The lowest BCUT2D eigenvalue weighted by molar-refractivity contribution is 0.667. The second-order valence-electron chi connectivity index (χ2n) is 14.3. The van der Waals surface area contributed by atoms with Gasteiger partial charge in [0.25, 0.3) is 0 Å². The fourth-order valence-electron chi connectivity index (χ4n) is 8.46. The van der Waals surface area contributed by atoms with Crippen molar-refractivity contribution in [3.63, 3.8) is 0 Å². The van der Waals surface area contributed by atoms with Crippen molar-refractivity contribution in [2.24, 2.45) is 0 Å². The van der Waals surface area contributed by atoms with E-state index in [9.17, 15) is 0 Å². The van der Waals surface area contributed by atoms with E-state index in [1.807, 2.05) is 60.7 Å². The molecule has 266 valence electrons. The summed E-state index contributed by atoms with van der Waals surface area (Å²) in [6.45, 7) is 0. The molecule has 4 aromatic heterocycles. The number of furan rings is 1. The summed E-state index contributed by atoms with van der Waals surface area (Å²) in [7, 11) is 0. The van der Waals surface area contributed by atoms with Gasteiger partial charge in [0, 0.05) is 64.0 Å². The van der Waals surface area contributed by atoms with Crippen LogP contribution in [0.1, 0.15) is 0 Å². The van der Waals surface area contributed by atoms with Gasteiger partial charge in [0.1, 0.15) is 5.58 Å². The number of rotatable bonds is 5. The van der Waals surface area contributed by atoms with E-state index in [0.29, 0.717) is 17.5 Å². The van der Waals surface area contributed by atoms with Crippen molar-refractivity contribution < 1.29 is 4.42 Å².